The van der Waals surface area contributed by atoms with Gasteiger partial charge in [0.05, 0.1) is 15.6 Å². The highest BCUT2D eigenvalue weighted by Gasteiger charge is 2.42. The van der Waals surface area contributed by atoms with Gasteiger partial charge in [-0.2, -0.15) is 0 Å². The van der Waals surface area contributed by atoms with Crippen LogP contribution >= 0.6 is 11.8 Å². The van der Waals surface area contributed by atoms with Gasteiger partial charge in [0.15, 0.2) is 0 Å². The van der Waals surface area contributed by atoms with Gasteiger partial charge in [-0.1, -0.05) is 78.9 Å². The molecule has 0 aromatic heterocycles. The molecule has 0 amide bonds. The quantitative estimate of drug-likeness (QED) is 0.562. The topological polar surface area (TPSA) is 20.2 Å². The van der Waals surface area contributed by atoms with E-state index in [1.807, 2.05) is 11.8 Å². The molecule has 0 bridgehead atoms. The minimum absolute atomic E-state index is 0.0944. The molecule has 1 aliphatic rings. The number of thioether (sulfide) groups is 1. The monoisotopic (exact) mass is 388 g/mol. The molecule has 0 unspecified atom stereocenters. The van der Waals surface area contributed by atoms with Crippen LogP contribution in [0.15, 0.2) is 95.9 Å². The van der Waals surface area contributed by atoms with Crippen molar-refractivity contribution in [2.75, 3.05) is 0 Å². The first-order chi connectivity index (χ1) is 13.2. The Kier molecular flexibility index (Phi) is 5.82. The second-order valence-corrected chi connectivity index (χ2v) is 10.8. The average Bonchev–Trinajstić information content (AvgIpc) is 3.08. The van der Waals surface area contributed by atoms with Gasteiger partial charge < -0.3 is 5.11 Å². The first-order valence-corrected chi connectivity index (χ1v) is 11.4. The predicted molar refractivity (Wildman–Crippen MR) is 115 cm³/mol. The lowest BCUT2D eigenvalue weighted by Crippen LogP contribution is -2.35. The second-order valence-electron chi connectivity index (χ2n) is 7.20. The summed E-state index contributed by atoms with van der Waals surface area (Å²) in [7, 11) is 0.717. The molecule has 1 saturated carbocycles. The minimum Gasteiger partial charge on any atom is -0.393 e. The molecule has 3 aromatic rings. The van der Waals surface area contributed by atoms with Crippen molar-refractivity contribution in [2.45, 2.75) is 40.2 Å². The molecule has 1 N–H and O–H groups in total. The summed E-state index contributed by atoms with van der Waals surface area (Å²) in [6, 6.07) is 32.4. The van der Waals surface area contributed by atoms with Crippen molar-refractivity contribution < 1.29 is 5.11 Å². The van der Waals surface area contributed by atoms with Gasteiger partial charge >= 0.3 is 0 Å². The van der Waals surface area contributed by atoms with Crippen molar-refractivity contribution >= 4 is 21.3 Å². The van der Waals surface area contributed by atoms with Crippen molar-refractivity contribution in [1.29, 1.82) is 0 Å². The molecule has 3 aromatic carbocycles. The van der Waals surface area contributed by atoms with Gasteiger partial charge in [0.1, 0.15) is 0 Å². The summed E-state index contributed by atoms with van der Waals surface area (Å²) >= 11 is 1.97. The number of hydrogen-bond donors (Lipinski definition) is 1. The third-order valence-electron chi connectivity index (χ3n) is 5.18. The Morgan fingerprint density at radius 2 is 1.33 bits per heavy atom. The van der Waals surface area contributed by atoms with Crippen molar-refractivity contribution in [3.8, 4) is 0 Å². The average molecular weight is 389 g/mol. The van der Waals surface area contributed by atoms with Crippen molar-refractivity contribution in [2.24, 2.45) is 0 Å². The lowest BCUT2D eigenvalue weighted by molar-refractivity contribution is 0.182. The maximum Gasteiger partial charge on any atom is 0.0752 e. The van der Waals surface area contributed by atoms with Crippen molar-refractivity contribution in [3.05, 3.63) is 102 Å². The first-order valence-electron chi connectivity index (χ1n) is 9.54. The van der Waals surface area contributed by atoms with Crippen LogP contribution in [0.5, 0.6) is 0 Å². The summed E-state index contributed by atoms with van der Waals surface area (Å²) in [5.41, 5.74) is 3.11. The van der Waals surface area contributed by atoms with Crippen LogP contribution in [0, 0.1) is 0 Å². The lowest BCUT2D eigenvalue weighted by atomic mass is 10.0. The van der Waals surface area contributed by atoms with E-state index >= 15 is 0 Å². The Hall–Kier alpha value is -1.81. The molecule has 136 valence electrons. The van der Waals surface area contributed by atoms with Crippen LogP contribution in [0.3, 0.4) is 0 Å². The number of benzene rings is 3. The fraction of sp³-hybridized carbons (Fsp3) is 0.250. The third-order valence-corrected chi connectivity index (χ3v) is 9.04. The lowest BCUT2D eigenvalue weighted by Gasteiger charge is -2.32. The molecule has 0 aliphatic heterocycles. The van der Waals surface area contributed by atoms with Crippen molar-refractivity contribution in [1.82, 2.24) is 0 Å². The van der Waals surface area contributed by atoms with E-state index in [0.717, 1.165) is 19.3 Å². The Bertz CT molecular complexity index is 801. The van der Waals surface area contributed by atoms with Crippen LogP contribution in [0.1, 0.15) is 35.9 Å². The highest BCUT2D eigenvalue weighted by molar-refractivity contribution is 8.02. The van der Waals surface area contributed by atoms with Gasteiger partial charge in [0, 0.05) is 14.8 Å². The van der Waals surface area contributed by atoms with Crippen LogP contribution in [-0.4, -0.2) is 25.1 Å². The fourth-order valence-corrected chi connectivity index (χ4v) is 7.93. The highest BCUT2D eigenvalue weighted by atomic mass is 32.2. The van der Waals surface area contributed by atoms with E-state index in [-0.39, 0.29) is 10.5 Å². The SMILES string of the molecule is O[C@@H]1CC[C@]([Si]C(c2ccccc2)c2ccccc2)(Sc2ccccc2)C1. The molecule has 1 fully saturated rings. The highest BCUT2D eigenvalue weighted by Crippen LogP contribution is 2.47. The molecule has 2 atom stereocenters. The predicted octanol–water partition coefficient (Wildman–Crippen LogP) is 5.51. The zero-order valence-electron chi connectivity index (χ0n) is 15.3. The number of rotatable bonds is 6. The van der Waals surface area contributed by atoms with E-state index in [4.69, 9.17) is 0 Å². The number of aliphatic hydroxyl groups is 1. The van der Waals surface area contributed by atoms with E-state index in [9.17, 15) is 5.11 Å². The zero-order chi connectivity index (χ0) is 18.5. The third kappa shape index (κ3) is 4.54. The molecular formula is C24H24OSSi. The molecule has 0 saturated heterocycles. The standard InChI is InChI=1S/C24H24OSSi/c25-21-16-17-24(18-21,26-22-14-8-3-9-15-22)27-23(19-10-4-1-5-11-19)20-12-6-2-7-13-20/h1-15,21,23,25H,16-18H2/t21-,24-/m1/s1. The van der Waals surface area contributed by atoms with E-state index in [0.29, 0.717) is 15.1 Å². The van der Waals surface area contributed by atoms with Gasteiger partial charge in [0.25, 0.3) is 0 Å². The Morgan fingerprint density at radius 3 is 1.81 bits per heavy atom. The van der Waals surface area contributed by atoms with Crippen LogP contribution in [0.2, 0.25) is 0 Å². The van der Waals surface area contributed by atoms with E-state index in [1.165, 1.54) is 16.0 Å². The summed E-state index contributed by atoms with van der Waals surface area (Å²) in [5, 5.41) is 10.4. The Balaban J connectivity index is 1.68. The maximum atomic E-state index is 10.4. The molecule has 1 nitrogen and oxygen atoms in total. The van der Waals surface area contributed by atoms with Gasteiger partial charge in [-0.25, -0.2) is 0 Å². The molecule has 27 heavy (non-hydrogen) atoms. The molecule has 0 heterocycles. The fourth-order valence-electron chi connectivity index (χ4n) is 3.87. The second kappa shape index (κ2) is 8.47. The molecule has 4 rings (SSSR count). The summed E-state index contributed by atoms with van der Waals surface area (Å²) in [5.74, 6) is 0. The smallest absolute Gasteiger partial charge is 0.0752 e. The largest absolute Gasteiger partial charge is 0.393 e. The van der Waals surface area contributed by atoms with E-state index < -0.39 is 0 Å². The number of hydrogen-bond acceptors (Lipinski definition) is 2. The molecular weight excluding hydrogens is 364 g/mol. The Morgan fingerprint density at radius 1 is 0.815 bits per heavy atom. The van der Waals surface area contributed by atoms with Gasteiger partial charge in [-0.3, -0.25) is 0 Å². The van der Waals surface area contributed by atoms with Gasteiger partial charge in [-0.15, -0.1) is 11.8 Å². The van der Waals surface area contributed by atoms with Crippen LogP contribution in [0.4, 0.5) is 0 Å². The van der Waals surface area contributed by atoms with Crippen LogP contribution < -0.4 is 0 Å². The van der Waals surface area contributed by atoms with E-state index in [1.54, 1.807) is 0 Å². The van der Waals surface area contributed by atoms with Gasteiger partial charge in [0.2, 0.25) is 0 Å². The molecule has 1 aliphatic carbocycles. The Labute approximate surface area is 168 Å². The van der Waals surface area contributed by atoms with E-state index in [2.05, 4.69) is 91.0 Å². The maximum absolute atomic E-state index is 10.4. The van der Waals surface area contributed by atoms with Gasteiger partial charge in [-0.05, 0) is 42.5 Å². The zero-order valence-corrected chi connectivity index (χ0v) is 17.1. The summed E-state index contributed by atoms with van der Waals surface area (Å²) in [4.78, 5) is 1.30. The van der Waals surface area contributed by atoms with Crippen molar-refractivity contribution in [3.63, 3.8) is 0 Å². The molecule has 2 radical (unpaired) electrons. The van der Waals surface area contributed by atoms with Crippen LogP contribution in [0.25, 0.3) is 0 Å². The first kappa shape index (κ1) is 18.5. The number of aliphatic hydroxyl groups excluding tert-OH is 1. The summed E-state index contributed by atoms with van der Waals surface area (Å²) in [6.07, 6.45) is 2.67. The summed E-state index contributed by atoms with van der Waals surface area (Å²) < 4.78 is 0.0944. The summed E-state index contributed by atoms with van der Waals surface area (Å²) in [6.45, 7) is 0. The molecule has 3 heteroatoms. The van der Waals surface area contributed by atoms with Crippen LogP contribution in [-0.2, 0) is 0 Å². The molecule has 0 spiro atoms. The minimum atomic E-state index is -0.180. The normalized spacial score (nSPS) is 22.2.